The van der Waals surface area contributed by atoms with Crippen LogP contribution in [0.15, 0.2) is 36.4 Å². The van der Waals surface area contributed by atoms with Gasteiger partial charge in [-0.2, -0.15) is 0 Å². The molecule has 8 heteroatoms. The van der Waals surface area contributed by atoms with Crippen LogP contribution in [0.4, 0.5) is 9.52 Å². The highest BCUT2D eigenvalue weighted by molar-refractivity contribution is 7.22. The topological polar surface area (TPSA) is 45.7 Å². The van der Waals surface area contributed by atoms with E-state index in [4.69, 9.17) is 4.74 Å². The third-order valence-corrected chi connectivity index (χ3v) is 6.57. The summed E-state index contributed by atoms with van der Waals surface area (Å²) in [5.41, 5.74) is 3.60. The van der Waals surface area contributed by atoms with E-state index in [1.807, 2.05) is 32.0 Å². The summed E-state index contributed by atoms with van der Waals surface area (Å²) >= 11 is 1.36. The molecule has 0 spiro atoms. The van der Waals surface area contributed by atoms with E-state index in [0.29, 0.717) is 22.8 Å². The Morgan fingerprint density at radius 1 is 1.16 bits per heavy atom. The molecule has 1 aromatic heterocycles. The van der Waals surface area contributed by atoms with Gasteiger partial charge < -0.3 is 4.74 Å². The second-order valence-electron chi connectivity index (χ2n) is 7.67. The second-order valence-corrected chi connectivity index (χ2v) is 8.68. The Hall–Kier alpha value is -2.06. The fraction of sp³-hybridized carbons (Fsp3) is 0.391. The Kier molecular flexibility index (Phi) is 8.00. The van der Waals surface area contributed by atoms with Gasteiger partial charge in [-0.15, -0.1) is 12.4 Å². The molecule has 1 fully saturated rings. The zero-order valence-electron chi connectivity index (χ0n) is 17.8. The Morgan fingerprint density at radius 3 is 2.68 bits per heavy atom. The number of morpholine rings is 1. The number of ether oxygens (including phenoxy) is 1. The van der Waals surface area contributed by atoms with Crippen LogP contribution in [0.5, 0.6) is 0 Å². The van der Waals surface area contributed by atoms with Crippen molar-refractivity contribution in [1.82, 2.24) is 9.88 Å². The van der Waals surface area contributed by atoms with Crippen molar-refractivity contribution in [2.75, 3.05) is 44.3 Å². The minimum absolute atomic E-state index is 0. The van der Waals surface area contributed by atoms with Gasteiger partial charge in [0.1, 0.15) is 5.82 Å². The lowest BCUT2D eigenvalue weighted by atomic mass is 10.1. The zero-order chi connectivity index (χ0) is 21.1. The third kappa shape index (κ3) is 5.60. The van der Waals surface area contributed by atoms with E-state index in [1.54, 1.807) is 11.0 Å². The van der Waals surface area contributed by atoms with Gasteiger partial charge in [-0.05, 0) is 61.7 Å². The van der Waals surface area contributed by atoms with E-state index in [1.165, 1.54) is 23.5 Å². The predicted molar refractivity (Wildman–Crippen MR) is 126 cm³/mol. The van der Waals surface area contributed by atoms with E-state index in [-0.39, 0.29) is 24.1 Å². The highest BCUT2D eigenvalue weighted by Gasteiger charge is 2.22. The number of amides is 1. The molecule has 4 rings (SSSR count). The molecule has 1 amide bonds. The third-order valence-electron chi connectivity index (χ3n) is 5.53. The van der Waals surface area contributed by atoms with Crippen LogP contribution in [-0.2, 0) is 4.74 Å². The number of aromatic nitrogens is 1. The maximum atomic E-state index is 13.6. The maximum Gasteiger partial charge on any atom is 0.260 e. The van der Waals surface area contributed by atoms with Gasteiger partial charge in [0, 0.05) is 31.7 Å². The number of anilines is 1. The van der Waals surface area contributed by atoms with Crippen LogP contribution in [0.2, 0.25) is 0 Å². The van der Waals surface area contributed by atoms with Crippen molar-refractivity contribution in [3.63, 3.8) is 0 Å². The number of carbonyl (C=O) groups excluding carboxylic acids is 1. The van der Waals surface area contributed by atoms with Gasteiger partial charge in [0.2, 0.25) is 0 Å². The van der Waals surface area contributed by atoms with E-state index < -0.39 is 0 Å². The summed E-state index contributed by atoms with van der Waals surface area (Å²) in [5.74, 6) is -0.364. The lowest BCUT2D eigenvalue weighted by Crippen LogP contribution is -2.39. The van der Waals surface area contributed by atoms with E-state index >= 15 is 0 Å². The number of hydrogen-bond donors (Lipinski definition) is 0. The summed E-state index contributed by atoms with van der Waals surface area (Å²) in [5, 5.41) is 0.612. The molecular weight excluding hydrogens is 437 g/mol. The van der Waals surface area contributed by atoms with E-state index in [2.05, 4.69) is 9.88 Å². The number of rotatable bonds is 6. The van der Waals surface area contributed by atoms with E-state index in [0.717, 1.165) is 55.1 Å². The molecule has 0 aliphatic carbocycles. The molecule has 2 heterocycles. The van der Waals surface area contributed by atoms with Crippen LogP contribution in [-0.4, -0.2) is 55.2 Å². The largest absolute Gasteiger partial charge is 0.379 e. The average molecular weight is 464 g/mol. The summed E-state index contributed by atoms with van der Waals surface area (Å²) in [6.45, 7) is 8.87. The van der Waals surface area contributed by atoms with Crippen molar-refractivity contribution in [2.24, 2.45) is 0 Å². The number of aryl methyl sites for hydroxylation is 2. The first kappa shape index (κ1) is 23.6. The van der Waals surface area contributed by atoms with Gasteiger partial charge in [0.25, 0.3) is 5.91 Å². The number of thiazole rings is 1. The summed E-state index contributed by atoms with van der Waals surface area (Å²) < 4.78 is 19.8. The number of hydrogen-bond acceptors (Lipinski definition) is 5. The fourth-order valence-corrected chi connectivity index (χ4v) is 4.61. The Labute approximate surface area is 192 Å². The second kappa shape index (κ2) is 10.5. The molecule has 0 radical (unpaired) electrons. The molecule has 0 atom stereocenters. The van der Waals surface area contributed by atoms with Gasteiger partial charge in [-0.25, -0.2) is 9.37 Å². The Bertz CT molecular complexity index is 1050. The molecular formula is C23H27ClFN3O2S. The maximum absolute atomic E-state index is 13.6. The highest BCUT2D eigenvalue weighted by atomic mass is 35.5. The molecule has 1 aliphatic rings. The quantitative estimate of drug-likeness (QED) is 0.524. The van der Waals surface area contributed by atoms with Crippen molar-refractivity contribution in [3.8, 4) is 0 Å². The van der Waals surface area contributed by atoms with Crippen molar-refractivity contribution >= 4 is 45.0 Å². The van der Waals surface area contributed by atoms with E-state index in [9.17, 15) is 9.18 Å². The summed E-state index contributed by atoms with van der Waals surface area (Å²) in [6.07, 6.45) is 0.834. The fourth-order valence-electron chi connectivity index (χ4n) is 3.59. The summed E-state index contributed by atoms with van der Waals surface area (Å²) in [6, 6.07) is 10.3. The van der Waals surface area contributed by atoms with Crippen molar-refractivity contribution in [1.29, 1.82) is 0 Å². The molecule has 3 aromatic rings. The minimum atomic E-state index is -0.294. The first-order chi connectivity index (χ1) is 14.5. The first-order valence-corrected chi connectivity index (χ1v) is 11.1. The number of benzene rings is 2. The van der Waals surface area contributed by atoms with Gasteiger partial charge in [-0.3, -0.25) is 14.6 Å². The molecule has 1 aliphatic heterocycles. The molecule has 0 bridgehead atoms. The molecule has 2 aromatic carbocycles. The van der Waals surface area contributed by atoms with Crippen LogP contribution in [0.25, 0.3) is 10.2 Å². The number of nitrogens with zero attached hydrogens (tertiary/aromatic N) is 3. The van der Waals surface area contributed by atoms with Crippen LogP contribution < -0.4 is 4.90 Å². The van der Waals surface area contributed by atoms with Crippen molar-refractivity contribution in [2.45, 2.75) is 20.3 Å². The Balaban J connectivity index is 0.00000272. The number of halogens is 2. The predicted octanol–water partition coefficient (Wildman–Crippen LogP) is 4.84. The number of fused-ring (bicyclic) bond motifs is 1. The molecule has 0 unspecified atom stereocenters. The van der Waals surface area contributed by atoms with Crippen LogP contribution in [0.1, 0.15) is 27.9 Å². The normalized spacial score (nSPS) is 14.4. The molecule has 1 saturated heterocycles. The minimum Gasteiger partial charge on any atom is -0.379 e. The lowest BCUT2D eigenvalue weighted by molar-refractivity contribution is 0.0376. The highest BCUT2D eigenvalue weighted by Crippen LogP contribution is 2.30. The van der Waals surface area contributed by atoms with Gasteiger partial charge in [-0.1, -0.05) is 17.4 Å². The summed E-state index contributed by atoms with van der Waals surface area (Å²) in [7, 11) is 0. The van der Waals surface area contributed by atoms with Crippen molar-refractivity contribution in [3.05, 3.63) is 58.9 Å². The number of carbonyl (C=O) groups is 1. The SMILES string of the molecule is Cc1ccc(C(=O)N(CCCN2CCOCC2)c2nc3ccc(F)cc3s2)cc1C.Cl. The monoisotopic (exact) mass is 463 g/mol. The lowest BCUT2D eigenvalue weighted by Gasteiger charge is -2.27. The standard InChI is InChI=1S/C23H26FN3O2S.ClH/c1-16-4-5-18(14-17(16)2)22(28)27(9-3-8-26-10-12-29-13-11-26)23-25-20-7-6-19(24)15-21(20)30-23;/h4-7,14-15H,3,8-13H2,1-2H3;1H. The molecule has 5 nitrogen and oxygen atoms in total. The zero-order valence-corrected chi connectivity index (χ0v) is 19.4. The molecule has 31 heavy (non-hydrogen) atoms. The Morgan fingerprint density at radius 2 is 1.94 bits per heavy atom. The smallest absolute Gasteiger partial charge is 0.260 e. The van der Waals surface area contributed by atoms with Crippen LogP contribution in [0.3, 0.4) is 0 Å². The van der Waals surface area contributed by atoms with Crippen LogP contribution >= 0.6 is 23.7 Å². The molecule has 166 valence electrons. The average Bonchev–Trinajstić information content (AvgIpc) is 3.16. The molecule has 0 saturated carbocycles. The van der Waals surface area contributed by atoms with Gasteiger partial charge in [0.15, 0.2) is 5.13 Å². The summed E-state index contributed by atoms with van der Waals surface area (Å²) in [4.78, 5) is 22.1. The van der Waals surface area contributed by atoms with Gasteiger partial charge >= 0.3 is 0 Å². The van der Waals surface area contributed by atoms with Crippen molar-refractivity contribution < 1.29 is 13.9 Å². The van der Waals surface area contributed by atoms with Crippen LogP contribution in [0, 0.1) is 19.7 Å². The van der Waals surface area contributed by atoms with Gasteiger partial charge in [0.05, 0.1) is 23.4 Å². The first-order valence-electron chi connectivity index (χ1n) is 10.3. The molecule has 0 N–H and O–H groups in total.